The standard InChI is InChI=1S/C14H18FNO4/c1-4-8(2)12(14(18)19)16-13(17)9-5-6-10(15)11(7-9)20-3/h5-8,12H,4H2,1-3H3,(H,16,17)(H,18,19). The Morgan fingerprint density at radius 1 is 1.45 bits per heavy atom. The van der Waals surface area contributed by atoms with Gasteiger partial charge < -0.3 is 15.2 Å². The van der Waals surface area contributed by atoms with Crippen LogP contribution in [0.2, 0.25) is 0 Å². The average Bonchev–Trinajstić information content (AvgIpc) is 2.43. The van der Waals surface area contributed by atoms with Crippen LogP contribution in [0, 0.1) is 11.7 Å². The second-order valence-electron chi connectivity index (χ2n) is 4.52. The van der Waals surface area contributed by atoms with Crippen LogP contribution in [0.3, 0.4) is 0 Å². The highest BCUT2D eigenvalue weighted by molar-refractivity contribution is 5.97. The molecule has 2 N–H and O–H groups in total. The van der Waals surface area contributed by atoms with E-state index in [1.807, 2.05) is 6.92 Å². The lowest BCUT2D eigenvalue weighted by molar-refractivity contribution is -0.140. The first-order chi connectivity index (χ1) is 9.40. The molecule has 0 saturated carbocycles. The molecule has 0 aromatic heterocycles. The third kappa shape index (κ3) is 3.69. The zero-order chi connectivity index (χ0) is 15.3. The van der Waals surface area contributed by atoms with Crippen molar-refractivity contribution in [3.05, 3.63) is 29.6 Å². The highest BCUT2D eigenvalue weighted by atomic mass is 19.1. The van der Waals surface area contributed by atoms with E-state index < -0.39 is 23.7 Å². The van der Waals surface area contributed by atoms with Crippen LogP contribution in [-0.2, 0) is 4.79 Å². The molecule has 6 heteroatoms. The van der Waals surface area contributed by atoms with E-state index in [4.69, 9.17) is 9.84 Å². The van der Waals surface area contributed by atoms with Gasteiger partial charge in [0.2, 0.25) is 0 Å². The van der Waals surface area contributed by atoms with E-state index in [-0.39, 0.29) is 17.2 Å². The first-order valence-corrected chi connectivity index (χ1v) is 6.27. The van der Waals surface area contributed by atoms with Crippen molar-refractivity contribution in [2.75, 3.05) is 7.11 Å². The highest BCUT2D eigenvalue weighted by Gasteiger charge is 2.26. The molecule has 0 spiro atoms. The summed E-state index contributed by atoms with van der Waals surface area (Å²) in [5.74, 6) is -2.52. The van der Waals surface area contributed by atoms with Crippen LogP contribution in [-0.4, -0.2) is 30.1 Å². The van der Waals surface area contributed by atoms with Crippen LogP contribution < -0.4 is 10.1 Å². The molecule has 20 heavy (non-hydrogen) atoms. The summed E-state index contributed by atoms with van der Waals surface area (Å²) in [6.07, 6.45) is 0.615. The quantitative estimate of drug-likeness (QED) is 0.838. The van der Waals surface area contributed by atoms with E-state index in [9.17, 15) is 14.0 Å². The van der Waals surface area contributed by atoms with Gasteiger partial charge in [0.25, 0.3) is 5.91 Å². The molecule has 0 fully saturated rings. The number of ether oxygens (including phenoxy) is 1. The van der Waals surface area contributed by atoms with Crippen LogP contribution in [0.1, 0.15) is 30.6 Å². The molecular weight excluding hydrogens is 265 g/mol. The summed E-state index contributed by atoms with van der Waals surface area (Å²) in [7, 11) is 1.29. The Hall–Kier alpha value is -2.11. The minimum absolute atomic E-state index is 0.0620. The molecule has 2 unspecified atom stereocenters. The Bertz CT molecular complexity index is 504. The number of carboxylic acids is 1. The Morgan fingerprint density at radius 3 is 2.60 bits per heavy atom. The number of amides is 1. The number of carboxylic acid groups (broad SMARTS) is 1. The number of rotatable bonds is 6. The Morgan fingerprint density at radius 2 is 2.10 bits per heavy atom. The third-order valence-electron chi connectivity index (χ3n) is 3.18. The number of carbonyl (C=O) groups is 2. The Kier molecular flexibility index (Phi) is 5.49. The van der Waals surface area contributed by atoms with Gasteiger partial charge in [-0.3, -0.25) is 4.79 Å². The SMILES string of the molecule is CCC(C)C(NC(=O)c1ccc(F)c(OC)c1)C(=O)O. The summed E-state index contributed by atoms with van der Waals surface area (Å²) in [6.45, 7) is 3.58. The van der Waals surface area contributed by atoms with Crippen LogP contribution in [0.4, 0.5) is 4.39 Å². The predicted octanol–water partition coefficient (Wildman–Crippen LogP) is 2.06. The maximum absolute atomic E-state index is 13.3. The Balaban J connectivity index is 2.92. The lowest BCUT2D eigenvalue weighted by Gasteiger charge is -2.20. The van der Waals surface area contributed by atoms with Crippen molar-refractivity contribution >= 4 is 11.9 Å². The average molecular weight is 283 g/mol. The molecule has 0 aliphatic heterocycles. The van der Waals surface area contributed by atoms with Crippen molar-refractivity contribution < 1.29 is 23.8 Å². The molecule has 110 valence electrons. The topological polar surface area (TPSA) is 75.6 Å². The van der Waals surface area contributed by atoms with Crippen molar-refractivity contribution in [3.8, 4) is 5.75 Å². The summed E-state index contributed by atoms with van der Waals surface area (Å²) in [5, 5.41) is 11.6. The number of benzene rings is 1. The van der Waals surface area contributed by atoms with Crippen LogP contribution in [0.15, 0.2) is 18.2 Å². The minimum atomic E-state index is -1.10. The van der Waals surface area contributed by atoms with Crippen LogP contribution >= 0.6 is 0 Å². The maximum Gasteiger partial charge on any atom is 0.326 e. The van der Waals surface area contributed by atoms with E-state index in [0.29, 0.717) is 6.42 Å². The van der Waals surface area contributed by atoms with E-state index in [0.717, 1.165) is 6.07 Å². The second kappa shape index (κ2) is 6.88. The highest BCUT2D eigenvalue weighted by Crippen LogP contribution is 2.18. The number of methoxy groups -OCH3 is 1. The van der Waals surface area contributed by atoms with Crippen LogP contribution in [0.25, 0.3) is 0 Å². The number of nitrogens with one attached hydrogen (secondary N) is 1. The largest absolute Gasteiger partial charge is 0.494 e. The minimum Gasteiger partial charge on any atom is -0.494 e. The van der Waals surface area contributed by atoms with Gasteiger partial charge in [-0.15, -0.1) is 0 Å². The number of halogens is 1. The molecule has 0 heterocycles. The van der Waals surface area contributed by atoms with Gasteiger partial charge in [0, 0.05) is 5.56 Å². The van der Waals surface area contributed by atoms with Gasteiger partial charge in [-0.1, -0.05) is 20.3 Å². The third-order valence-corrected chi connectivity index (χ3v) is 3.18. The van der Waals surface area contributed by atoms with Gasteiger partial charge in [0.05, 0.1) is 7.11 Å². The van der Waals surface area contributed by atoms with E-state index in [1.54, 1.807) is 6.92 Å². The van der Waals surface area contributed by atoms with Gasteiger partial charge in [0.15, 0.2) is 11.6 Å². The molecular formula is C14H18FNO4. The maximum atomic E-state index is 13.3. The zero-order valence-electron chi connectivity index (χ0n) is 11.6. The predicted molar refractivity (Wildman–Crippen MR) is 71.3 cm³/mol. The number of hydrogen-bond acceptors (Lipinski definition) is 3. The second-order valence-corrected chi connectivity index (χ2v) is 4.52. The van der Waals surface area contributed by atoms with Gasteiger partial charge in [-0.05, 0) is 24.1 Å². The van der Waals surface area contributed by atoms with Crippen molar-refractivity contribution in [2.45, 2.75) is 26.3 Å². The monoisotopic (exact) mass is 283 g/mol. The fraction of sp³-hybridized carbons (Fsp3) is 0.429. The first-order valence-electron chi connectivity index (χ1n) is 6.27. The van der Waals surface area contributed by atoms with Crippen molar-refractivity contribution in [3.63, 3.8) is 0 Å². The lowest BCUT2D eigenvalue weighted by Crippen LogP contribution is -2.45. The molecule has 1 rings (SSSR count). The van der Waals surface area contributed by atoms with Gasteiger partial charge >= 0.3 is 5.97 Å². The van der Waals surface area contributed by atoms with E-state index >= 15 is 0 Å². The van der Waals surface area contributed by atoms with Crippen LogP contribution in [0.5, 0.6) is 5.75 Å². The van der Waals surface area contributed by atoms with E-state index in [1.165, 1.54) is 19.2 Å². The van der Waals surface area contributed by atoms with Gasteiger partial charge in [0.1, 0.15) is 6.04 Å². The number of hydrogen-bond donors (Lipinski definition) is 2. The van der Waals surface area contributed by atoms with Gasteiger partial charge in [-0.25, -0.2) is 9.18 Å². The summed E-state index contributed by atoms with van der Waals surface area (Å²) in [4.78, 5) is 23.2. The molecule has 0 bridgehead atoms. The molecule has 0 saturated heterocycles. The molecule has 0 aliphatic rings. The first kappa shape index (κ1) is 15.9. The lowest BCUT2D eigenvalue weighted by atomic mass is 9.99. The molecule has 1 aromatic carbocycles. The summed E-state index contributed by atoms with van der Waals surface area (Å²) < 4.78 is 18.0. The molecule has 5 nitrogen and oxygen atoms in total. The summed E-state index contributed by atoms with van der Waals surface area (Å²) in [6, 6.07) is 2.64. The number of aliphatic carboxylic acids is 1. The fourth-order valence-corrected chi connectivity index (χ4v) is 1.71. The molecule has 2 atom stereocenters. The van der Waals surface area contributed by atoms with Crippen molar-refractivity contribution in [2.24, 2.45) is 5.92 Å². The molecule has 1 aromatic rings. The van der Waals surface area contributed by atoms with Gasteiger partial charge in [-0.2, -0.15) is 0 Å². The smallest absolute Gasteiger partial charge is 0.326 e. The summed E-state index contributed by atoms with van der Waals surface area (Å²) in [5.41, 5.74) is 0.151. The molecule has 1 amide bonds. The molecule has 0 aliphatic carbocycles. The Labute approximate surface area is 116 Å². The normalized spacial score (nSPS) is 13.4. The fourth-order valence-electron chi connectivity index (χ4n) is 1.71. The van der Waals surface area contributed by atoms with Crippen molar-refractivity contribution in [1.29, 1.82) is 0 Å². The van der Waals surface area contributed by atoms with E-state index in [2.05, 4.69) is 5.32 Å². The zero-order valence-corrected chi connectivity index (χ0v) is 11.6. The van der Waals surface area contributed by atoms with Crippen molar-refractivity contribution in [1.82, 2.24) is 5.32 Å². The molecule has 0 radical (unpaired) electrons. The summed E-state index contributed by atoms with van der Waals surface area (Å²) >= 11 is 0. The number of carbonyl (C=O) groups excluding carboxylic acids is 1.